The van der Waals surface area contributed by atoms with Gasteiger partial charge >= 0.3 is 5.69 Å². The number of imidazole rings is 1. The predicted molar refractivity (Wildman–Crippen MR) is 65.1 cm³/mol. The zero-order valence-electron chi connectivity index (χ0n) is 8.87. The summed E-state index contributed by atoms with van der Waals surface area (Å²) in [6, 6.07) is 5.91. The molecule has 1 aliphatic carbocycles. The lowest BCUT2D eigenvalue weighted by Crippen LogP contribution is -2.20. The third-order valence-corrected chi connectivity index (χ3v) is 3.68. The number of hydrogen-bond donors (Lipinski definition) is 1. The molecule has 0 unspecified atom stereocenters. The topological polar surface area (TPSA) is 37.8 Å². The molecule has 0 bridgehead atoms. The van der Waals surface area contributed by atoms with Crippen molar-refractivity contribution in [3.8, 4) is 0 Å². The molecule has 1 aromatic heterocycles. The molecular weight excluding hydrogens is 224 g/mol. The molecule has 0 amide bonds. The Bertz CT molecular complexity index is 578. The van der Waals surface area contributed by atoms with Gasteiger partial charge < -0.3 is 4.98 Å². The van der Waals surface area contributed by atoms with Gasteiger partial charge in [0.15, 0.2) is 0 Å². The van der Waals surface area contributed by atoms with E-state index in [1.807, 2.05) is 22.8 Å². The van der Waals surface area contributed by atoms with Crippen LogP contribution in [-0.2, 0) is 0 Å². The molecule has 2 aromatic rings. The Labute approximate surface area is 98.0 Å². The molecular formula is C12H13ClN2O. The average Bonchev–Trinajstić information content (AvgIpc) is 2.84. The summed E-state index contributed by atoms with van der Waals surface area (Å²) in [4.78, 5) is 14.8. The molecule has 1 saturated carbocycles. The van der Waals surface area contributed by atoms with Crippen molar-refractivity contribution >= 4 is 22.6 Å². The fourth-order valence-corrected chi connectivity index (χ4v) is 2.91. The van der Waals surface area contributed by atoms with Crippen LogP contribution in [0, 0.1) is 0 Å². The van der Waals surface area contributed by atoms with Gasteiger partial charge in [-0.3, -0.25) is 4.57 Å². The summed E-state index contributed by atoms with van der Waals surface area (Å²) in [5, 5.41) is 0.655. The minimum Gasteiger partial charge on any atom is -0.305 e. The average molecular weight is 237 g/mol. The molecule has 3 nitrogen and oxygen atoms in total. The van der Waals surface area contributed by atoms with Crippen LogP contribution in [0.15, 0.2) is 23.0 Å². The summed E-state index contributed by atoms with van der Waals surface area (Å²) in [7, 11) is 0. The van der Waals surface area contributed by atoms with Crippen LogP contribution in [0.2, 0.25) is 5.02 Å². The summed E-state index contributed by atoms with van der Waals surface area (Å²) in [5.41, 5.74) is 1.67. The van der Waals surface area contributed by atoms with Gasteiger partial charge in [-0.25, -0.2) is 4.79 Å². The second-order valence-electron chi connectivity index (χ2n) is 4.37. The highest BCUT2D eigenvalue weighted by atomic mass is 35.5. The molecule has 0 spiro atoms. The van der Waals surface area contributed by atoms with Crippen molar-refractivity contribution in [1.82, 2.24) is 9.55 Å². The van der Waals surface area contributed by atoms with Crippen molar-refractivity contribution in [2.45, 2.75) is 31.7 Å². The number of nitrogens with one attached hydrogen (secondary N) is 1. The normalized spacial score (nSPS) is 17.3. The van der Waals surface area contributed by atoms with Gasteiger partial charge in [0, 0.05) is 6.04 Å². The Morgan fingerprint density at radius 3 is 2.81 bits per heavy atom. The number of rotatable bonds is 1. The number of aromatic amines is 1. The van der Waals surface area contributed by atoms with Crippen molar-refractivity contribution < 1.29 is 0 Å². The van der Waals surface area contributed by atoms with Crippen molar-refractivity contribution in [2.75, 3.05) is 0 Å². The minimum atomic E-state index is -0.0324. The number of aromatic nitrogens is 2. The first-order chi connectivity index (χ1) is 7.77. The smallest absolute Gasteiger partial charge is 0.305 e. The highest BCUT2D eigenvalue weighted by Gasteiger charge is 2.21. The Balaban J connectivity index is 2.29. The first kappa shape index (κ1) is 9.97. The maximum atomic E-state index is 11.9. The lowest BCUT2D eigenvalue weighted by atomic mass is 10.2. The van der Waals surface area contributed by atoms with Crippen LogP contribution in [-0.4, -0.2) is 9.55 Å². The van der Waals surface area contributed by atoms with E-state index in [-0.39, 0.29) is 5.69 Å². The monoisotopic (exact) mass is 236 g/mol. The maximum absolute atomic E-state index is 11.9. The first-order valence-electron chi connectivity index (χ1n) is 5.66. The number of para-hydroxylation sites is 1. The minimum absolute atomic E-state index is 0.0324. The largest absolute Gasteiger partial charge is 0.326 e. The van der Waals surface area contributed by atoms with Gasteiger partial charge in [-0.2, -0.15) is 0 Å². The lowest BCUT2D eigenvalue weighted by Gasteiger charge is -2.11. The highest BCUT2D eigenvalue weighted by molar-refractivity contribution is 6.34. The SMILES string of the molecule is O=c1[nH]c2cccc(Cl)c2n1C1CCCC1. The second-order valence-corrected chi connectivity index (χ2v) is 4.78. The number of halogens is 1. The van der Waals surface area contributed by atoms with Crippen LogP contribution in [0.3, 0.4) is 0 Å². The second kappa shape index (κ2) is 3.67. The Kier molecular flexibility index (Phi) is 2.28. The van der Waals surface area contributed by atoms with Gasteiger partial charge in [-0.1, -0.05) is 30.5 Å². The fraction of sp³-hybridized carbons (Fsp3) is 0.417. The van der Waals surface area contributed by atoms with E-state index in [2.05, 4.69) is 4.98 Å². The molecule has 1 heterocycles. The molecule has 16 heavy (non-hydrogen) atoms. The Morgan fingerprint density at radius 2 is 2.06 bits per heavy atom. The zero-order chi connectivity index (χ0) is 11.1. The molecule has 1 N–H and O–H groups in total. The van der Waals surface area contributed by atoms with Crippen molar-refractivity contribution in [3.05, 3.63) is 33.7 Å². The summed E-state index contributed by atoms with van der Waals surface area (Å²) in [6.45, 7) is 0. The summed E-state index contributed by atoms with van der Waals surface area (Å²) in [6.07, 6.45) is 4.57. The molecule has 0 radical (unpaired) electrons. The van der Waals surface area contributed by atoms with E-state index in [0.29, 0.717) is 11.1 Å². The molecule has 1 fully saturated rings. The lowest BCUT2D eigenvalue weighted by molar-refractivity contribution is 0.518. The first-order valence-corrected chi connectivity index (χ1v) is 6.04. The van der Waals surface area contributed by atoms with Crippen LogP contribution in [0.5, 0.6) is 0 Å². The Morgan fingerprint density at radius 1 is 1.31 bits per heavy atom. The zero-order valence-corrected chi connectivity index (χ0v) is 9.63. The van der Waals surface area contributed by atoms with Gasteiger partial charge in [0.2, 0.25) is 0 Å². The van der Waals surface area contributed by atoms with Gasteiger partial charge in [0.05, 0.1) is 16.1 Å². The molecule has 0 atom stereocenters. The molecule has 4 heteroatoms. The predicted octanol–water partition coefficient (Wildman–Crippen LogP) is 3.10. The molecule has 1 aliphatic rings. The number of benzene rings is 1. The summed E-state index contributed by atoms with van der Waals surface area (Å²) < 4.78 is 1.84. The van der Waals surface area contributed by atoms with Crippen LogP contribution in [0.25, 0.3) is 11.0 Å². The van der Waals surface area contributed by atoms with Gasteiger partial charge in [0.1, 0.15) is 0 Å². The van der Waals surface area contributed by atoms with E-state index in [1.165, 1.54) is 12.8 Å². The molecule has 84 valence electrons. The van der Waals surface area contributed by atoms with Gasteiger partial charge in [0.25, 0.3) is 0 Å². The quantitative estimate of drug-likeness (QED) is 0.812. The number of hydrogen-bond acceptors (Lipinski definition) is 1. The molecule has 3 rings (SSSR count). The van der Waals surface area contributed by atoms with E-state index < -0.39 is 0 Å². The van der Waals surface area contributed by atoms with Crippen LogP contribution in [0.4, 0.5) is 0 Å². The standard InChI is InChI=1S/C12H13ClN2O/c13-9-6-3-7-10-11(9)15(12(16)14-10)8-4-1-2-5-8/h3,6-8H,1-2,4-5H2,(H,14,16). The highest BCUT2D eigenvalue weighted by Crippen LogP contribution is 2.32. The van der Waals surface area contributed by atoms with Crippen molar-refractivity contribution in [2.24, 2.45) is 0 Å². The summed E-state index contributed by atoms with van der Waals surface area (Å²) in [5.74, 6) is 0. The maximum Gasteiger partial charge on any atom is 0.326 e. The van der Waals surface area contributed by atoms with Crippen LogP contribution < -0.4 is 5.69 Å². The molecule has 1 aromatic carbocycles. The van der Waals surface area contributed by atoms with E-state index in [1.54, 1.807) is 0 Å². The molecule has 0 saturated heterocycles. The number of H-pyrrole nitrogens is 1. The van der Waals surface area contributed by atoms with Crippen LogP contribution in [0.1, 0.15) is 31.7 Å². The number of nitrogens with zero attached hydrogens (tertiary/aromatic N) is 1. The van der Waals surface area contributed by atoms with E-state index >= 15 is 0 Å². The molecule has 0 aliphatic heterocycles. The van der Waals surface area contributed by atoms with Crippen molar-refractivity contribution in [3.63, 3.8) is 0 Å². The third-order valence-electron chi connectivity index (χ3n) is 3.38. The number of fused-ring (bicyclic) bond motifs is 1. The van der Waals surface area contributed by atoms with E-state index in [0.717, 1.165) is 23.9 Å². The van der Waals surface area contributed by atoms with Crippen LogP contribution >= 0.6 is 11.6 Å². The van der Waals surface area contributed by atoms with E-state index in [4.69, 9.17) is 11.6 Å². The van der Waals surface area contributed by atoms with E-state index in [9.17, 15) is 4.79 Å². The van der Waals surface area contributed by atoms with Gasteiger partial charge in [-0.15, -0.1) is 0 Å². The fourth-order valence-electron chi connectivity index (χ4n) is 2.65. The third kappa shape index (κ3) is 1.39. The summed E-state index contributed by atoms with van der Waals surface area (Å²) >= 11 is 6.17. The van der Waals surface area contributed by atoms with Gasteiger partial charge in [-0.05, 0) is 25.0 Å². The van der Waals surface area contributed by atoms with Crippen molar-refractivity contribution in [1.29, 1.82) is 0 Å². The Hall–Kier alpha value is -1.22.